The summed E-state index contributed by atoms with van der Waals surface area (Å²) < 4.78 is 13.9. The summed E-state index contributed by atoms with van der Waals surface area (Å²) in [4.78, 5) is 25.4. The number of aromatic nitrogens is 3. The lowest BCUT2D eigenvalue weighted by molar-refractivity contribution is 0.102. The molecule has 0 saturated carbocycles. The number of aromatic amines is 1. The molecule has 0 aliphatic rings. The first-order valence-corrected chi connectivity index (χ1v) is 11.3. The zero-order valence-electron chi connectivity index (χ0n) is 19.4. The van der Waals surface area contributed by atoms with Crippen LogP contribution in [0, 0.1) is 18.2 Å². The Bertz CT molecular complexity index is 1630. The van der Waals surface area contributed by atoms with E-state index in [1.165, 1.54) is 6.07 Å². The van der Waals surface area contributed by atoms with Crippen molar-refractivity contribution < 1.29 is 9.18 Å². The summed E-state index contributed by atoms with van der Waals surface area (Å²) in [6.45, 7) is 1.70. The van der Waals surface area contributed by atoms with Crippen LogP contribution in [-0.2, 0) is 0 Å². The zero-order valence-corrected chi connectivity index (χ0v) is 19.4. The molecule has 1 amide bonds. The minimum absolute atomic E-state index is 0.259. The van der Waals surface area contributed by atoms with Gasteiger partial charge in [0, 0.05) is 29.1 Å². The number of aryl methyl sites for hydroxylation is 1. The number of nitrogens with zero attached hydrogens (tertiary/aromatic N) is 2. The molecule has 5 aromatic rings. The standard InChI is InChI=1S/C29H22FN5O/c1-18-16-20(11-12-24(18)30)27-28(34-25(33-27)10-5-14-31)21-13-15-32-26(17-21)35-29(36)23-9-4-7-19-6-2-3-8-22(19)23/h2-17,31H,1H3,(H,33,34)(H,32,35,36)/b10-5-,31-14?. The molecule has 5 rings (SSSR count). The van der Waals surface area contributed by atoms with Crippen molar-refractivity contribution >= 4 is 34.8 Å². The first-order chi connectivity index (χ1) is 17.5. The first kappa shape index (κ1) is 22.9. The summed E-state index contributed by atoms with van der Waals surface area (Å²) in [6, 6.07) is 21.7. The number of hydrogen-bond acceptors (Lipinski definition) is 4. The third-order valence-corrected chi connectivity index (χ3v) is 5.83. The van der Waals surface area contributed by atoms with Crippen LogP contribution >= 0.6 is 0 Å². The van der Waals surface area contributed by atoms with Crippen LogP contribution in [0.15, 0.2) is 85.1 Å². The van der Waals surface area contributed by atoms with Gasteiger partial charge in [-0.25, -0.2) is 14.4 Å². The van der Waals surface area contributed by atoms with E-state index in [1.807, 2.05) is 42.5 Å². The number of halogens is 1. The molecule has 6 nitrogen and oxygen atoms in total. The summed E-state index contributed by atoms with van der Waals surface area (Å²) in [6.07, 6.45) is 6.02. The highest BCUT2D eigenvalue weighted by Crippen LogP contribution is 2.32. The van der Waals surface area contributed by atoms with E-state index >= 15 is 0 Å². The Morgan fingerprint density at radius 3 is 2.69 bits per heavy atom. The quantitative estimate of drug-likeness (QED) is 0.240. The average molecular weight is 476 g/mol. The van der Waals surface area contributed by atoms with Gasteiger partial charge in [0.05, 0.1) is 11.4 Å². The van der Waals surface area contributed by atoms with Gasteiger partial charge in [0.25, 0.3) is 5.91 Å². The van der Waals surface area contributed by atoms with Crippen molar-refractivity contribution in [1.82, 2.24) is 15.0 Å². The summed E-state index contributed by atoms with van der Waals surface area (Å²) in [5.74, 6) is 0.383. The van der Waals surface area contributed by atoms with E-state index in [-0.39, 0.29) is 11.7 Å². The number of fused-ring (bicyclic) bond motifs is 1. The largest absolute Gasteiger partial charge is 0.338 e. The topological polar surface area (TPSA) is 94.5 Å². The smallest absolute Gasteiger partial charge is 0.257 e. The SMILES string of the molecule is Cc1cc(-c2nc(/C=C\C=N)[nH]c2-c2ccnc(NC(=O)c3cccc4ccccc34)c2)ccc1F. The predicted octanol–water partition coefficient (Wildman–Crippen LogP) is 6.65. The van der Waals surface area contributed by atoms with Crippen LogP contribution < -0.4 is 5.32 Å². The minimum Gasteiger partial charge on any atom is -0.338 e. The zero-order chi connectivity index (χ0) is 25.1. The van der Waals surface area contributed by atoms with Gasteiger partial charge < -0.3 is 15.7 Å². The van der Waals surface area contributed by atoms with Crippen molar-refractivity contribution in [3.05, 3.63) is 108 Å². The second kappa shape index (κ2) is 9.76. The van der Waals surface area contributed by atoms with Crippen LogP contribution in [0.2, 0.25) is 0 Å². The number of rotatable bonds is 6. The molecule has 3 N–H and O–H groups in total. The Labute approximate surface area is 207 Å². The van der Waals surface area contributed by atoms with Crippen LogP contribution in [-0.4, -0.2) is 27.1 Å². The second-order valence-corrected chi connectivity index (χ2v) is 8.25. The summed E-state index contributed by atoms with van der Waals surface area (Å²) in [5.41, 5.74) is 3.87. The molecule has 176 valence electrons. The van der Waals surface area contributed by atoms with Gasteiger partial charge in [0.15, 0.2) is 0 Å². The Balaban J connectivity index is 1.53. The molecule has 36 heavy (non-hydrogen) atoms. The average Bonchev–Trinajstić information content (AvgIpc) is 3.33. The third-order valence-electron chi connectivity index (χ3n) is 5.83. The number of imidazole rings is 1. The highest BCUT2D eigenvalue weighted by Gasteiger charge is 2.16. The minimum atomic E-state index is -0.290. The van der Waals surface area contributed by atoms with E-state index < -0.39 is 0 Å². The lowest BCUT2D eigenvalue weighted by Gasteiger charge is -2.09. The Hall–Kier alpha value is -4.91. The molecule has 2 heterocycles. The van der Waals surface area contributed by atoms with Crippen LogP contribution in [0.3, 0.4) is 0 Å². The maximum atomic E-state index is 13.9. The molecule has 0 fully saturated rings. The van der Waals surface area contributed by atoms with Gasteiger partial charge in [-0.15, -0.1) is 0 Å². The van der Waals surface area contributed by atoms with E-state index in [2.05, 4.69) is 20.3 Å². The molecule has 0 aliphatic carbocycles. The van der Waals surface area contributed by atoms with Crippen LogP contribution in [0.5, 0.6) is 0 Å². The molecule has 0 aliphatic heterocycles. The molecule has 0 radical (unpaired) electrons. The number of pyridine rings is 1. The number of nitrogens with one attached hydrogen (secondary N) is 3. The van der Waals surface area contributed by atoms with Gasteiger partial charge in [-0.05, 0) is 71.8 Å². The molecule has 0 spiro atoms. The Kier molecular flexibility index (Phi) is 6.19. The monoisotopic (exact) mass is 475 g/mol. The van der Waals surface area contributed by atoms with E-state index in [1.54, 1.807) is 49.5 Å². The third kappa shape index (κ3) is 4.54. The summed E-state index contributed by atoms with van der Waals surface area (Å²) >= 11 is 0. The summed E-state index contributed by atoms with van der Waals surface area (Å²) in [5, 5.41) is 12.0. The van der Waals surface area contributed by atoms with E-state index in [0.29, 0.717) is 34.2 Å². The highest BCUT2D eigenvalue weighted by molar-refractivity contribution is 6.12. The Morgan fingerprint density at radius 2 is 1.86 bits per heavy atom. The van der Waals surface area contributed by atoms with Gasteiger partial charge in [-0.1, -0.05) is 36.4 Å². The molecule has 3 aromatic carbocycles. The van der Waals surface area contributed by atoms with Crippen molar-refractivity contribution in [2.75, 3.05) is 5.32 Å². The fourth-order valence-electron chi connectivity index (χ4n) is 4.08. The first-order valence-electron chi connectivity index (χ1n) is 11.3. The van der Waals surface area contributed by atoms with Crippen molar-refractivity contribution in [2.24, 2.45) is 0 Å². The molecular weight excluding hydrogens is 453 g/mol. The van der Waals surface area contributed by atoms with Crippen molar-refractivity contribution in [1.29, 1.82) is 5.41 Å². The van der Waals surface area contributed by atoms with Crippen LogP contribution in [0.25, 0.3) is 39.4 Å². The molecule has 0 atom stereocenters. The van der Waals surface area contributed by atoms with E-state index in [0.717, 1.165) is 28.1 Å². The molecule has 2 aromatic heterocycles. The number of anilines is 1. The number of allylic oxidation sites excluding steroid dienone is 1. The highest BCUT2D eigenvalue weighted by atomic mass is 19.1. The molecule has 7 heteroatoms. The number of hydrogen-bond donors (Lipinski definition) is 3. The van der Waals surface area contributed by atoms with Gasteiger partial charge in [0.2, 0.25) is 0 Å². The predicted molar refractivity (Wildman–Crippen MR) is 142 cm³/mol. The van der Waals surface area contributed by atoms with Crippen molar-refractivity contribution in [2.45, 2.75) is 6.92 Å². The molecular formula is C29H22FN5O. The number of carbonyl (C=O) groups excluding carboxylic acids is 1. The van der Waals surface area contributed by atoms with Crippen molar-refractivity contribution in [3.63, 3.8) is 0 Å². The second-order valence-electron chi connectivity index (χ2n) is 8.25. The maximum Gasteiger partial charge on any atom is 0.257 e. The summed E-state index contributed by atoms with van der Waals surface area (Å²) in [7, 11) is 0. The van der Waals surface area contributed by atoms with E-state index in [9.17, 15) is 9.18 Å². The number of amides is 1. The van der Waals surface area contributed by atoms with Gasteiger partial charge in [-0.2, -0.15) is 0 Å². The number of H-pyrrole nitrogens is 1. The van der Waals surface area contributed by atoms with E-state index in [4.69, 9.17) is 5.41 Å². The molecule has 0 unspecified atom stereocenters. The normalized spacial score (nSPS) is 11.2. The number of carbonyl (C=O) groups is 1. The lowest BCUT2D eigenvalue weighted by atomic mass is 10.0. The van der Waals surface area contributed by atoms with Crippen LogP contribution in [0.1, 0.15) is 21.7 Å². The molecule has 0 bridgehead atoms. The number of benzene rings is 3. The maximum absolute atomic E-state index is 13.9. The molecule has 0 saturated heterocycles. The van der Waals surface area contributed by atoms with Gasteiger partial charge >= 0.3 is 0 Å². The van der Waals surface area contributed by atoms with Crippen LogP contribution in [0.4, 0.5) is 10.2 Å². The Morgan fingerprint density at radius 1 is 1.03 bits per heavy atom. The lowest BCUT2D eigenvalue weighted by Crippen LogP contribution is -2.13. The van der Waals surface area contributed by atoms with Gasteiger partial charge in [-0.3, -0.25) is 4.79 Å². The fraction of sp³-hybridized carbons (Fsp3) is 0.0345. The van der Waals surface area contributed by atoms with Gasteiger partial charge in [0.1, 0.15) is 17.5 Å². The van der Waals surface area contributed by atoms with Crippen molar-refractivity contribution in [3.8, 4) is 22.5 Å². The fourth-order valence-corrected chi connectivity index (χ4v) is 4.08.